The van der Waals surface area contributed by atoms with E-state index in [0.717, 1.165) is 34.3 Å². The van der Waals surface area contributed by atoms with Gasteiger partial charge in [0.1, 0.15) is 5.01 Å². The molecule has 0 radical (unpaired) electrons. The molecule has 24 heavy (non-hydrogen) atoms. The fraction of sp³-hybridized carbons (Fsp3) is 0.500. The van der Waals surface area contributed by atoms with Crippen molar-refractivity contribution in [1.82, 2.24) is 19.5 Å². The Balaban J connectivity index is 1.95. The Labute approximate surface area is 139 Å². The van der Waals surface area contributed by atoms with Crippen LogP contribution in [0.2, 0.25) is 0 Å². The number of fused-ring (bicyclic) bond motifs is 1. The molecule has 0 aromatic carbocycles. The molecule has 2 aromatic heterocycles. The Bertz CT molecular complexity index is 809. The predicted octanol–water partition coefficient (Wildman–Crippen LogP) is 2.37. The lowest BCUT2D eigenvalue weighted by molar-refractivity contribution is -0.142. The summed E-state index contributed by atoms with van der Waals surface area (Å²) < 4.78 is 40.8. The van der Waals surface area contributed by atoms with Gasteiger partial charge in [-0.05, 0) is 12.0 Å². The molecule has 10 heteroatoms. The third-order valence-electron chi connectivity index (χ3n) is 3.69. The van der Waals surface area contributed by atoms with Crippen molar-refractivity contribution >= 4 is 22.2 Å². The molecule has 0 aliphatic carbocycles. The highest BCUT2D eigenvalue weighted by Gasteiger charge is 2.39. The summed E-state index contributed by atoms with van der Waals surface area (Å²) in [5, 5.41) is 13.3. The number of nitrogens with zero attached hydrogens (tertiary/aromatic N) is 4. The number of aliphatic hydroxyl groups is 1. The number of halogens is 3. The van der Waals surface area contributed by atoms with Gasteiger partial charge in [0.05, 0.1) is 18.8 Å². The number of alkyl halides is 3. The van der Waals surface area contributed by atoms with Gasteiger partial charge < -0.3 is 10.0 Å². The second-order valence-electron chi connectivity index (χ2n) is 5.50. The van der Waals surface area contributed by atoms with E-state index < -0.39 is 11.9 Å². The zero-order valence-corrected chi connectivity index (χ0v) is 13.6. The SMILES string of the molecule is CCCC1=CC(=O)N(Cc2c(C(F)(F)F)nc3sc(CO)nn23)C1. The Kier molecular flexibility index (Phi) is 4.35. The zero-order chi connectivity index (χ0) is 17.5. The van der Waals surface area contributed by atoms with Gasteiger partial charge >= 0.3 is 6.18 Å². The number of hydrogen-bond acceptors (Lipinski definition) is 5. The molecule has 6 nitrogen and oxygen atoms in total. The van der Waals surface area contributed by atoms with E-state index >= 15 is 0 Å². The van der Waals surface area contributed by atoms with Gasteiger partial charge in [0.25, 0.3) is 0 Å². The summed E-state index contributed by atoms with van der Waals surface area (Å²) in [6, 6.07) is 0. The van der Waals surface area contributed by atoms with Crippen LogP contribution in [0.3, 0.4) is 0 Å². The van der Waals surface area contributed by atoms with Gasteiger partial charge in [-0.2, -0.15) is 18.3 Å². The average molecular weight is 360 g/mol. The van der Waals surface area contributed by atoms with Crippen molar-refractivity contribution in [2.75, 3.05) is 6.54 Å². The fourth-order valence-electron chi connectivity index (χ4n) is 2.68. The number of aromatic nitrogens is 3. The second kappa shape index (κ2) is 6.17. The largest absolute Gasteiger partial charge is 0.435 e. The van der Waals surface area contributed by atoms with Crippen LogP contribution in [0, 0.1) is 0 Å². The molecule has 3 rings (SSSR count). The van der Waals surface area contributed by atoms with Gasteiger partial charge in [0.15, 0.2) is 5.69 Å². The molecule has 0 spiro atoms. The third-order valence-corrected chi connectivity index (χ3v) is 4.58. The lowest BCUT2D eigenvalue weighted by Gasteiger charge is -2.17. The molecule has 1 aliphatic heterocycles. The average Bonchev–Trinajstić information content (AvgIpc) is 3.13. The molecule has 0 saturated carbocycles. The first-order valence-electron chi connectivity index (χ1n) is 7.37. The molecule has 130 valence electrons. The minimum atomic E-state index is -4.63. The van der Waals surface area contributed by atoms with E-state index in [4.69, 9.17) is 5.11 Å². The maximum Gasteiger partial charge on any atom is 0.435 e. The Hall–Kier alpha value is -1.94. The number of carbonyl (C=O) groups excluding carboxylic acids is 1. The molecular weight excluding hydrogens is 345 g/mol. The first-order chi connectivity index (χ1) is 11.3. The number of carbonyl (C=O) groups is 1. The van der Waals surface area contributed by atoms with E-state index in [9.17, 15) is 18.0 Å². The molecule has 0 fully saturated rings. The van der Waals surface area contributed by atoms with Crippen LogP contribution in [0.15, 0.2) is 11.6 Å². The van der Waals surface area contributed by atoms with Crippen molar-refractivity contribution in [2.45, 2.75) is 39.1 Å². The van der Waals surface area contributed by atoms with Gasteiger partial charge in [-0.25, -0.2) is 9.50 Å². The number of amides is 1. The van der Waals surface area contributed by atoms with Crippen molar-refractivity contribution < 1.29 is 23.1 Å². The number of rotatable bonds is 5. The molecule has 2 aromatic rings. The van der Waals surface area contributed by atoms with Crippen molar-refractivity contribution in [3.05, 3.63) is 28.0 Å². The predicted molar refractivity (Wildman–Crippen MR) is 80.2 cm³/mol. The zero-order valence-electron chi connectivity index (χ0n) is 12.8. The molecular formula is C14H15F3N4O2S. The van der Waals surface area contributed by atoms with Crippen molar-refractivity contribution in [3.8, 4) is 0 Å². The van der Waals surface area contributed by atoms with Crippen LogP contribution >= 0.6 is 11.3 Å². The molecule has 1 aliphatic rings. The monoisotopic (exact) mass is 360 g/mol. The minimum absolute atomic E-state index is 0.0507. The summed E-state index contributed by atoms with van der Waals surface area (Å²) in [7, 11) is 0. The lowest BCUT2D eigenvalue weighted by atomic mass is 10.1. The Morgan fingerprint density at radius 3 is 2.79 bits per heavy atom. The van der Waals surface area contributed by atoms with E-state index in [1.54, 1.807) is 0 Å². The standard InChI is InChI=1S/C14H15F3N4O2S/c1-2-3-8-4-11(23)20(5-8)6-9-12(14(15,16)17)18-13-21(9)19-10(7-22)24-13/h4,22H,2-3,5-7H2,1H3. The molecule has 1 N–H and O–H groups in total. The number of hydrogen-bond donors (Lipinski definition) is 1. The van der Waals surface area contributed by atoms with Crippen LogP contribution in [0.1, 0.15) is 36.2 Å². The molecule has 0 atom stereocenters. The number of aliphatic hydroxyl groups excluding tert-OH is 1. The minimum Gasteiger partial charge on any atom is -0.389 e. The molecule has 0 bridgehead atoms. The summed E-state index contributed by atoms with van der Waals surface area (Å²) in [6.07, 6.45) is -1.55. The number of imidazole rings is 1. The second-order valence-corrected chi connectivity index (χ2v) is 6.54. The van der Waals surface area contributed by atoms with Gasteiger partial charge in [0.2, 0.25) is 10.9 Å². The maximum absolute atomic E-state index is 13.3. The summed E-state index contributed by atoms with van der Waals surface area (Å²) in [5.74, 6) is -0.306. The van der Waals surface area contributed by atoms with Gasteiger partial charge in [-0.3, -0.25) is 4.79 Å². The van der Waals surface area contributed by atoms with Crippen LogP contribution in [0.25, 0.3) is 4.96 Å². The van der Waals surface area contributed by atoms with Crippen LogP contribution in [-0.2, 0) is 24.1 Å². The quantitative estimate of drug-likeness (QED) is 0.889. The smallest absolute Gasteiger partial charge is 0.389 e. The molecule has 1 amide bonds. The molecule has 3 heterocycles. The van der Waals surface area contributed by atoms with E-state index in [1.165, 1.54) is 11.0 Å². The summed E-state index contributed by atoms with van der Waals surface area (Å²) in [5.41, 5.74) is -0.318. The summed E-state index contributed by atoms with van der Waals surface area (Å²) in [6.45, 7) is 1.68. The van der Waals surface area contributed by atoms with E-state index in [-0.39, 0.29) is 34.7 Å². The Morgan fingerprint density at radius 2 is 2.17 bits per heavy atom. The van der Waals surface area contributed by atoms with Crippen LogP contribution in [0.5, 0.6) is 0 Å². The highest BCUT2D eigenvalue weighted by molar-refractivity contribution is 7.16. The Morgan fingerprint density at radius 1 is 1.42 bits per heavy atom. The normalized spacial score (nSPS) is 15.6. The lowest BCUT2D eigenvalue weighted by Crippen LogP contribution is -2.27. The van der Waals surface area contributed by atoms with Gasteiger partial charge in [-0.15, -0.1) is 0 Å². The summed E-state index contributed by atoms with van der Waals surface area (Å²) in [4.78, 5) is 17.0. The molecule has 0 saturated heterocycles. The van der Waals surface area contributed by atoms with Crippen molar-refractivity contribution in [3.63, 3.8) is 0 Å². The highest BCUT2D eigenvalue weighted by atomic mass is 32.1. The topological polar surface area (TPSA) is 70.7 Å². The molecule has 0 unspecified atom stereocenters. The van der Waals surface area contributed by atoms with E-state index in [1.807, 2.05) is 6.92 Å². The maximum atomic E-state index is 13.3. The van der Waals surface area contributed by atoms with Crippen LogP contribution in [0.4, 0.5) is 13.2 Å². The van der Waals surface area contributed by atoms with Gasteiger partial charge in [-0.1, -0.05) is 24.7 Å². The van der Waals surface area contributed by atoms with Gasteiger partial charge in [0, 0.05) is 12.6 Å². The van der Waals surface area contributed by atoms with E-state index in [2.05, 4.69) is 10.1 Å². The van der Waals surface area contributed by atoms with Crippen LogP contribution in [-0.4, -0.2) is 37.1 Å². The van der Waals surface area contributed by atoms with E-state index in [0.29, 0.717) is 6.54 Å². The first-order valence-corrected chi connectivity index (χ1v) is 8.18. The highest BCUT2D eigenvalue weighted by Crippen LogP contribution is 2.34. The van der Waals surface area contributed by atoms with Crippen molar-refractivity contribution in [1.29, 1.82) is 0 Å². The summed E-state index contributed by atoms with van der Waals surface area (Å²) >= 11 is 0.890. The van der Waals surface area contributed by atoms with Crippen LogP contribution < -0.4 is 0 Å². The first kappa shape index (κ1) is 16.9. The fourth-order valence-corrected chi connectivity index (χ4v) is 3.46. The van der Waals surface area contributed by atoms with Crippen molar-refractivity contribution in [2.24, 2.45) is 0 Å². The third kappa shape index (κ3) is 3.03.